The molecule has 0 bridgehead atoms. The average Bonchev–Trinajstić information content (AvgIpc) is 2.55. The molecule has 0 aromatic carbocycles. The second-order valence-electron chi connectivity index (χ2n) is 4.25. The number of sulfonamides is 1. The Hall–Kier alpha value is 0.200. The molecule has 0 saturated heterocycles. The molecule has 1 unspecified atom stereocenters. The van der Waals surface area contributed by atoms with Gasteiger partial charge in [0.15, 0.2) is 0 Å². The van der Waals surface area contributed by atoms with E-state index in [1.807, 2.05) is 0 Å². The van der Waals surface area contributed by atoms with Crippen molar-refractivity contribution in [3.63, 3.8) is 0 Å². The van der Waals surface area contributed by atoms with Crippen molar-refractivity contribution >= 4 is 21.6 Å². The third-order valence-electron chi connectivity index (χ3n) is 2.61. The zero-order valence-corrected chi connectivity index (χ0v) is 9.58. The third kappa shape index (κ3) is 3.44. The molecule has 1 rings (SSSR count). The van der Waals surface area contributed by atoms with Crippen molar-refractivity contribution in [2.45, 2.75) is 20.3 Å². The van der Waals surface area contributed by atoms with Gasteiger partial charge in [0.2, 0.25) is 10.0 Å². The predicted octanol–water partition coefficient (Wildman–Crippen LogP) is 1.19. The Morgan fingerprint density at radius 2 is 2.08 bits per heavy atom. The highest BCUT2D eigenvalue weighted by molar-refractivity contribution is 7.89. The Morgan fingerprint density at radius 3 is 2.46 bits per heavy atom. The van der Waals surface area contributed by atoms with Gasteiger partial charge in [-0.1, -0.05) is 13.8 Å². The highest BCUT2D eigenvalue weighted by Gasteiger charge is 2.45. The molecule has 13 heavy (non-hydrogen) atoms. The molecule has 1 aliphatic carbocycles. The summed E-state index contributed by atoms with van der Waals surface area (Å²) in [5.41, 5.74) is 0.323. The van der Waals surface area contributed by atoms with Gasteiger partial charge in [0, 0.05) is 12.4 Å². The SMILES string of the molecule is CC1(C)CC1CNS(=O)(=O)CCCl. The lowest BCUT2D eigenvalue weighted by atomic mass is 10.1. The van der Waals surface area contributed by atoms with Crippen molar-refractivity contribution < 1.29 is 8.42 Å². The van der Waals surface area contributed by atoms with Crippen molar-refractivity contribution in [2.75, 3.05) is 18.2 Å². The first-order valence-corrected chi connectivity index (χ1v) is 6.59. The van der Waals surface area contributed by atoms with Crippen molar-refractivity contribution in [2.24, 2.45) is 11.3 Å². The molecule has 3 nitrogen and oxygen atoms in total. The van der Waals surface area contributed by atoms with Crippen LogP contribution in [0, 0.1) is 11.3 Å². The fraction of sp³-hybridized carbons (Fsp3) is 1.00. The molecule has 0 radical (unpaired) electrons. The molecule has 1 aliphatic rings. The average molecular weight is 226 g/mol. The zero-order chi connectivity index (χ0) is 10.1. The molecule has 1 saturated carbocycles. The molecule has 1 fully saturated rings. The summed E-state index contributed by atoms with van der Waals surface area (Å²) in [6, 6.07) is 0. The Labute approximate surface area is 84.9 Å². The van der Waals surface area contributed by atoms with E-state index in [0.717, 1.165) is 6.42 Å². The van der Waals surface area contributed by atoms with Crippen molar-refractivity contribution in [3.05, 3.63) is 0 Å². The van der Waals surface area contributed by atoms with Gasteiger partial charge in [-0.3, -0.25) is 0 Å². The Morgan fingerprint density at radius 1 is 1.54 bits per heavy atom. The molecule has 78 valence electrons. The lowest BCUT2D eigenvalue weighted by Crippen LogP contribution is -2.29. The van der Waals surface area contributed by atoms with Crippen LogP contribution in [-0.4, -0.2) is 26.6 Å². The van der Waals surface area contributed by atoms with Gasteiger partial charge in [0.1, 0.15) is 0 Å². The van der Waals surface area contributed by atoms with Crippen LogP contribution in [0.1, 0.15) is 20.3 Å². The molecule has 0 aromatic rings. The van der Waals surface area contributed by atoms with Crippen molar-refractivity contribution in [1.82, 2.24) is 4.72 Å². The summed E-state index contributed by atoms with van der Waals surface area (Å²) in [6.07, 6.45) is 1.11. The Balaban J connectivity index is 2.28. The van der Waals surface area contributed by atoms with E-state index in [0.29, 0.717) is 17.9 Å². The van der Waals surface area contributed by atoms with E-state index in [9.17, 15) is 8.42 Å². The van der Waals surface area contributed by atoms with E-state index in [1.54, 1.807) is 0 Å². The minimum Gasteiger partial charge on any atom is -0.215 e. The fourth-order valence-electron chi connectivity index (χ4n) is 1.33. The second kappa shape index (κ2) is 3.75. The maximum absolute atomic E-state index is 11.2. The molecule has 5 heteroatoms. The lowest BCUT2D eigenvalue weighted by molar-refractivity contribution is 0.538. The predicted molar refractivity (Wildman–Crippen MR) is 54.4 cm³/mol. The maximum Gasteiger partial charge on any atom is 0.212 e. The molecule has 0 aliphatic heterocycles. The summed E-state index contributed by atoms with van der Waals surface area (Å²) in [5.74, 6) is 0.670. The van der Waals surface area contributed by atoms with Crippen molar-refractivity contribution in [1.29, 1.82) is 0 Å². The Bertz CT molecular complexity index is 274. The topological polar surface area (TPSA) is 46.2 Å². The second-order valence-corrected chi connectivity index (χ2v) is 6.55. The third-order valence-corrected chi connectivity index (χ3v) is 4.37. The minimum atomic E-state index is -3.12. The monoisotopic (exact) mass is 225 g/mol. The summed E-state index contributed by atoms with van der Waals surface area (Å²) >= 11 is 5.35. The van der Waals surface area contributed by atoms with E-state index in [4.69, 9.17) is 11.6 Å². The fourth-order valence-corrected chi connectivity index (χ4v) is 2.74. The van der Waals surface area contributed by atoms with E-state index in [-0.39, 0.29) is 11.6 Å². The van der Waals surface area contributed by atoms with Crippen LogP contribution in [-0.2, 0) is 10.0 Å². The van der Waals surface area contributed by atoms with Crippen LogP contribution in [0.2, 0.25) is 0 Å². The number of hydrogen-bond acceptors (Lipinski definition) is 2. The summed E-state index contributed by atoms with van der Waals surface area (Å²) in [6.45, 7) is 4.85. The zero-order valence-electron chi connectivity index (χ0n) is 8.01. The van der Waals surface area contributed by atoms with E-state index in [2.05, 4.69) is 18.6 Å². The van der Waals surface area contributed by atoms with Gasteiger partial charge < -0.3 is 0 Å². The summed E-state index contributed by atoms with van der Waals surface area (Å²) in [5, 5.41) is 0. The first-order valence-electron chi connectivity index (χ1n) is 4.41. The van der Waals surface area contributed by atoms with E-state index >= 15 is 0 Å². The van der Waals surface area contributed by atoms with E-state index < -0.39 is 10.0 Å². The highest BCUT2D eigenvalue weighted by atomic mass is 35.5. The van der Waals surface area contributed by atoms with Gasteiger partial charge in [-0.05, 0) is 17.8 Å². The van der Waals surface area contributed by atoms with Crippen LogP contribution in [0.15, 0.2) is 0 Å². The van der Waals surface area contributed by atoms with Crippen LogP contribution >= 0.6 is 11.6 Å². The molecule has 0 spiro atoms. The molecule has 0 heterocycles. The van der Waals surface area contributed by atoms with Gasteiger partial charge in [-0.15, -0.1) is 11.6 Å². The number of hydrogen-bond donors (Lipinski definition) is 1. The molecule has 0 amide bonds. The summed E-state index contributed by atoms with van der Waals surface area (Å²) in [7, 11) is -3.12. The lowest BCUT2D eigenvalue weighted by Gasteiger charge is -2.05. The molecule has 0 aromatic heterocycles. The summed E-state index contributed by atoms with van der Waals surface area (Å²) in [4.78, 5) is 0. The van der Waals surface area contributed by atoms with Crippen LogP contribution in [0.5, 0.6) is 0 Å². The van der Waals surface area contributed by atoms with Crippen LogP contribution in [0.4, 0.5) is 0 Å². The Kier molecular flexibility index (Phi) is 3.25. The largest absolute Gasteiger partial charge is 0.215 e. The van der Waals surface area contributed by atoms with Gasteiger partial charge in [0.05, 0.1) is 5.75 Å². The maximum atomic E-state index is 11.2. The molecular weight excluding hydrogens is 210 g/mol. The number of rotatable bonds is 5. The van der Waals surface area contributed by atoms with Crippen LogP contribution < -0.4 is 4.72 Å². The number of halogens is 1. The highest BCUT2D eigenvalue weighted by Crippen LogP contribution is 2.51. The standard InChI is InChI=1S/C8H16ClNO2S/c1-8(2)5-7(8)6-10-13(11,12)4-3-9/h7,10H,3-6H2,1-2H3. The molecular formula is C8H16ClNO2S. The number of nitrogens with one attached hydrogen (secondary N) is 1. The van der Waals surface area contributed by atoms with Gasteiger partial charge in [-0.2, -0.15) is 0 Å². The quantitative estimate of drug-likeness (QED) is 0.715. The van der Waals surface area contributed by atoms with Crippen LogP contribution in [0.3, 0.4) is 0 Å². The minimum absolute atomic E-state index is 0.0156. The van der Waals surface area contributed by atoms with Crippen LogP contribution in [0.25, 0.3) is 0 Å². The van der Waals surface area contributed by atoms with Crippen molar-refractivity contribution in [3.8, 4) is 0 Å². The smallest absolute Gasteiger partial charge is 0.212 e. The first kappa shape index (κ1) is 11.3. The molecule has 1 N–H and O–H groups in total. The number of alkyl halides is 1. The molecule has 1 atom stereocenters. The normalized spacial score (nSPS) is 25.9. The first-order chi connectivity index (χ1) is 5.87. The van der Waals surface area contributed by atoms with Gasteiger partial charge >= 0.3 is 0 Å². The van der Waals surface area contributed by atoms with Gasteiger partial charge in [0.25, 0.3) is 0 Å². The summed E-state index contributed by atoms with van der Waals surface area (Å²) < 4.78 is 24.9. The van der Waals surface area contributed by atoms with E-state index in [1.165, 1.54) is 0 Å². The van der Waals surface area contributed by atoms with Gasteiger partial charge in [-0.25, -0.2) is 13.1 Å².